The summed E-state index contributed by atoms with van der Waals surface area (Å²) in [5.74, 6) is 1.41. The number of hydrogen-bond donors (Lipinski definition) is 0. The summed E-state index contributed by atoms with van der Waals surface area (Å²) in [7, 11) is 0. The predicted molar refractivity (Wildman–Crippen MR) is 161 cm³/mol. The van der Waals surface area contributed by atoms with Crippen LogP contribution in [-0.4, -0.2) is 49.6 Å². The summed E-state index contributed by atoms with van der Waals surface area (Å²) in [6.07, 6.45) is 0.286. The molecule has 2 saturated carbocycles. The molecule has 0 amide bonds. The number of nitrogens with zero attached hydrogens (tertiary/aromatic N) is 1. The standard InChI is InChI=1S/C36H39F4NO4/c1-22(42)45-21-32(44)35(14-15-36(38,39)40)13-12-30-28-19-31(37)27-18-25(43)10-11-26(27)33(28)29(20-34(30,35)2)23-6-8-24(9-7-23)41-16-4-3-5-17-41/h6-9,18,28-31H,3-5,10-13,16-17,19-21H2,1-2H3/t28-,29+,30-,31?,34-,35-/m0/s1. The van der Waals surface area contributed by atoms with Crippen molar-refractivity contribution in [3.8, 4) is 11.8 Å². The maximum atomic E-state index is 15.9. The Kier molecular flexibility index (Phi) is 8.24. The fourth-order valence-electron chi connectivity index (χ4n) is 9.23. The number of piperidine rings is 1. The molecule has 1 aromatic carbocycles. The van der Waals surface area contributed by atoms with Crippen molar-refractivity contribution in [1.82, 2.24) is 0 Å². The van der Waals surface area contributed by atoms with Crippen molar-refractivity contribution in [2.75, 3.05) is 24.6 Å². The number of benzene rings is 1. The zero-order valence-corrected chi connectivity index (χ0v) is 25.8. The zero-order chi connectivity index (χ0) is 32.1. The Bertz CT molecular complexity index is 1510. The minimum absolute atomic E-state index is 0.0647. The first-order valence-electron chi connectivity index (χ1n) is 16.1. The van der Waals surface area contributed by atoms with Gasteiger partial charge in [-0.2, -0.15) is 13.2 Å². The second-order valence-corrected chi connectivity index (χ2v) is 13.6. The van der Waals surface area contributed by atoms with E-state index in [2.05, 4.69) is 35.1 Å². The van der Waals surface area contributed by atoms with E-state index in [0.717, 1.165) is 55.3 Å². The number of carbonyl (C=O) groups excluding carboxylic acids is 3. The van der Waals surface area contributed by atoms with Gasteiger partial charge in [-0.15, -0.1) is 0 Å². The number of halogens is 4. The van der Waals surface area contributed by atoms with Gasteiger partial charge < -0.3 is 9.64 Å². The van der Waals surface area contributed by atoms with Crippen LogP contribution in [0.4, 0.5) is 23.2 Å². The molecule has 3 fully saturated rings. The summed E-state index contributed by atoms with van der Waals surface area (Å²) < 4.78 is 61.8. The average molecular weight is 626 g/mol. The van der Waals surface area contributed by atoms with Crippen molar-refractivity contribution in [2.45, 2.75) is 89.9 Å². The number of fused-ring (bicyclic) bond motifs is 4. The Morgan fingerprint density at radius 3 is 2.47 bits per heavy atom. The zero-order valence-electron chi connectivity index (χ0n) is 25.8. The molecule has 1 heterocycles. The number of rotatable bonds is 5. The highest BCUT2D eigenvalue weighted by molar-refractivity contribution is 5.94. The third kappa shape index (κ3) is 5.63. The number of hydrogen-bond acceptors (Lipinski definition) is 5. The molecule has 0 N–H and O–H groups in total. The van der Waals surface area contributed by atoms with Crippen molar-refractivity contribution >= 4 is 23.2 Å². The number of alkyl halides is 4. The van der Waals surface area contributed by atoms with Gasteiger partial charge in [-0.05, 0) is 104 Å². The smallest absolute Gasteiger partial charge is 0.457 e. The van der Waals surface area contributed by atoms with Gasteiger partial charge in [0.2, 0.25) is 0 Å². The summed E-state index contributed by atoms with van der Waals surface area (Å²) >= 11 is 0. The minimum atomic E-state index is -4.82. The molecule has 45 heavy (non-hydrogen) atoms. The van der Waals surface area contributed by atoms with Crippen LogP contribution in [-0.2, 0) is 19.1 Å². The summed E-state index contributed by atoms with van der Waals surface area (Å²) in [4.78, 5) is 40.3. The Hall–Kier alpha value is -3.41. The Balaban J connectivity index is 1.49. The average Bonchev–Trinajstić information content (AvgIpc) is 3.31. The van der Waals surface area contributed by atoms with Crippen LogP contribution in [0, 0.1) is 34.5 Å². The van der Waals surface area contributed by atoms with Gasteiger partial charge in [0.1, 0.15) is 6.17 Å². The number of ether oxygens (including phenoxy) is 1. The van der Waals surface area contributed by atoms with Gasteiger partial charge >= 0.3 is 12.1 Å². The second kappa shape index (κ2) is 11.7. The van der Waals surface area contributed by atoms with E-state index in [1.165, 1.54) is 18.4 Å². The molecule has 6 rings (SSSR count). The highest BCUT2D eigenvalue weighted by atomic mass is 19.4. The van der Waals surface area contributed by atoms with E-state index in [-0.39, 0.29) is 42.8 Å². The monoisotopic (exact) mass is 625 g/mol. The molecule has 0 aromatic heterocycles. The fraction of sp³-hybridized carbons (Fsp3) is 0.583. The van der Waals surface area contributed by atoms with Crippen LogP contribution in [0.3, 0.4) is 0 Å². The molecule has 240 valence electrons. The lowest BCUT2D eigenvalue weighted by molar-refractivity contribution is -0.150. The van der Waals surface area contributed by atoms with Crippen LogP contribution in [0.1, 0.15) is 83.1 Å². The number of anilines is 1. The molecule has 0 spiro atoms. The van der Waals surface area contributed by atoms with Gasteiger partial charge in [0, 0.05) is 44.0 Å². The predicted octanol–water partition coefficient (Wildman–Crippen LogP) is 7.21. The lowest BCUT2D eigenvalue weighted by atomic mass is 9.48. The molecule has 5 nitrogen and oxygen atoms in total. The van der Waals surface area contributed by atoms with Crippen LogP contribution < -0.4 is 4.90 Å². The summed E-state index contributed by atoms with van der Waals surface area (Å²) in [5, 5.41) is 0. The van der Waals surface area contributed by atoms with Gasteiger partial charge in [0.25, 0.3) is 0 Å². The van der Waals surface area contributed by atoms with Crippen molar-refractivity contribution < 1.29 is 36.7 Å². The van der Waals surface area contributed by atoms with Gasteiger partial charge in [-0.25, -0.2) is 4.39 Å². The van der Waals surface area contributed by atoms with Crippen LogP contribution in [0.15, 0.2) is 47.1 Å². The maximum Gasteiger partial charge on any atom is 0.457 e. The summed E-state index contributed by atoms with van der Waals surface area (Å²) in [6, 6.07) is 8.27. The van der Waals surface area contributed by atoms with Crippen LogP contribution in [0.2, 0.25) is 0 Å². The van der Waals surface area contributed by atoms with Gasteiger partial charge in [0.15, 0.2) is 18.2 Å². The van der Waals surface area contributed by atoms with E-state index in [9.17, 15) is 27.6 Å². The van der Waals surface area contributed by atoms with Gasteiger partial charge in [-0.3, -0.25) is 14.4 Å². The molecule has 1 unspecified atom stereocenters. The quantitative estimate of drug-likeness (QED) is 0.197. The number of esters is 1. The molecular formula is C36H39F4NO4. The van der Waals surface area contributed by atoms with E-state index >= 15 is 4.39 Å². The lowest BCUT2D eigenvalue weighted by Crippen LogP contribution is -2.52. The molecule has 1 aliphatic heterocycles. The fourth-order valence-corrected chi connectivity index (χ4v) is 9.23. The first kappa shape index (κ1) is 31.6. The molecular weight excluding hydrogens is 586 g/mol. The Labute approximate surface area is 261 Å². The molecule has 1 saturated heterocycles. The van der Waals surface area contributed by atoms with E-state index in [4.69, 9.17) is 4.74 Å². The first-order valence-corrected chi connectivity index (χ1v) is 16.1. The number of carbonyl (C=O) groups is 3. The molecule has 6 atom stereocenters. The highest BCUT2D eigenvalue weighted by Gasteiger charge is 2.66. The normalized spacial score (nSPS) is 32.9. The largest absolute Gasteiger partial charge is 0.458 e. The molecule has 4 aliphatic carbocycles. The number of allylic oxidation sites excluding steroid dienone is 4. The third-order valence-corrected chi connectivity index (χ3v) is 11.3. The highest BCUT2D eigenvalue weighted by Crippen LogP contribution is 2.70. The minimum Gasteiger partial charge on any atom is -0.458 e. The van der Waals surface area contributed by atoms with Crippen molar-refractivity contribution in [2.24, 2.45) is 22.7 Å². The Morgan fingerprint density at radius 2 is 1.80 bits per heavy atom. The van der Waals surface area contributed by atoms with E-state index in [1.54, 1.807) is 0 Å². The van der Waals surface area contributed by atoms with Gasteiger partial charge in [-0.1, -0.05) is 30.6 Å². The van der Waals surface area contributed by atoms with Crippen LogP contribution in [0.5, 0.6) is 0 Å². The van der Waals surface area contributed by atoms with Crippen LogP contribution in [0.25, 0.3) is 0 Å². The number of ketones is 2. The van der Waals surface area contributed by atoms with Crippen molar-refractivity contribution in [3.63, 3.8) is 0 Å². The summed E-state index contributed by atoms with van der Waals surface area (Å²) in [5.41, 5.74) is 1.62. The molecule has 1 aromatic rings. The Morgan fingerprint density at radius 1 is 1.09 bits per heavy atom. The van der Waals surface area contributed by atoms with Crippen molar-refractivity contribution in [3.05, 3.63) is 52.6 Å². The molecule has 5 aliphatic rings. The van der Waals surface area contributed by atoms with E-state index in [0.29, 0.717) is 24.8 Å². The maximum absolute atomic E-state index is 15.9. The third-order valence-electron chi connectivity index (χ3n) is 11.3. The second-order valence-electron chi connectivity index (χ2n) is 13.6. The van der Waals surface area contributed by atoms with Crippen molar-refractivity contribution in [1.29, 1.82) is 0 Å². The summed E-state index contributed by atoms with van der Waals surface area (Å²) in [6.45, 7) is 4.27. The molecule has 0 radical (unpaired) electrons. The molecule has 9 heteroatoms. The van der Waals surface area contributed by atoms with E-state index in [1.807, 2.05) is 6.92 Å². The number of Topliss-reactive ketones (excluding diaryl/α,β-unsaturated/α-hetero) is 1. The van der Waals surface area contributed by atoms with E-state index < -0.39 is 41.5 Å². The first-order chi connectivity index (χ1) is 21.3. The SMILES string of the molecule is CC(=O)OCC(=O)[C@@]1(C#CC(F)(F)F)CC[C@H]2[C@@H]3CC(F)C4=CC(=O)CCC4=C3[C@@H](c3ccc(N4CCCCC4)cc3)C[C@@]21C. The molecule has 0 bridgehead atoms. The topological polar surface area (TPSA) is 63.7 Å². The van der Waals surface area contributed by atoms with Gasteiger partial charge in [0.05, 0.1) is 5.41 Å². The van der Waals surface area contributed by atoms with Crippen LogP contribution >= 0.6 is 0 Å². The lowest BCUT2D eigenvalue weighted by Gasteiger charge is -2.55.